The molecule has 2 unspecified atom stereocenters. The minimum atomic E-state index is -0.488. The topological polar surface area (TPSA) is 53.0 Å². The smallest absolute Gasteiger partial charge is 0.280 e. The molecule has 2 atom stereocenters. The number of amides is 2. The predicted octanol–water partition coefficient (Wildman–Crippen LogP) is 5.43. The SMILES string of the molecule is O=C1CC(CC2C=C3C(=O)N(c4ccccc4F)N=C3c3ccccc32)CCN1c1ccccc1. The van der Waals surface area contributed by atoms with E-state index in [-0.39, 0.29) is 29.3 Å². The average Bonchev–Trinajstić information content (AvgIpc) is 3.21. The Morgan fingerprint density at radius 2 is 1.66 bits per heavy atom. The minimum absolute atomic E-state index is 0.00857. The minimum Gasteiger partial charge on any atom is -0.312 e. The molecule has 0 bridgehead atoms. The van der Waals surface area contributed by atoms with Gasteiger partial charge < -0.3 is 4.90 Å². The number of hydrazone groups is 1. The van der Waals surface area contributed by atoms with Crippen molar-refractivity contribution < 1.29 is 14.0 Å². The van der Waals surface area contributed by atoms with Crippen LogP contribution in [0.3, 0.4) is 0 Å². The van der Waals surface area contributed by atoms with Gasteiger partial charge in [0.1, 0.15) is 17.2 Å². The maximum absolute atomic E-state index is 14.4. The van der Waals surface area contributed by atoms with Gasteiger partial charge in [0.15, 0.2) is 0 Å². The van der Waals surface area contributed by atoms with Crippen molar-refractivity contribution in [2.75, 3.05) is 16.5 Å². The zero-order valence-corrected chi connectivity index (χ0v) is 19.1. The number of benzene rings is 3. The second-order valence-corrected chi connectivity index (χ2v) is 9.27. The Morgan fingerprint density at radius 1 is 0.914 bits per heavy atom. The molecule has 1 aliphatic carbocycles. The third-order valence-corrected chi connectivity index (χ3v) is 7.12. The highest BCUT2D eigenvalue weighted by Crippen LogP contribution is 2.41. The lowest BCUT2D eigenvalue weighted by Gasteiger charge is -2.34. The summed E-state index contributed by atoms with van der Waals surface area (Å²) in [7, 11) is 0. The van der Waals surface area contributed by atoms with Crippen molar-refractivity contribution in [2.24, 2.45) is 11.0 Å². The molecule has 0 radical (unpaired) electrons. The molecule has 1 saturated heterocycles. The monoisotopic (exact) mass is 465 g/mol. The van der Waals surface area contributed by atoms with Gasteiger partial charge in [0.2, 0.25) is 5.91 Å². The Bertz CT molecular complexity index is 1380. The number of rotatable bonds is 4. The lowest BCUT2D eigenvalue weighted by Crippen LogP contribution is -2.39. The number of nitrogens with zero attached hydrogens (tertiary/aromatic N) is 3. The van der Waals surface area contributed by atoms with E-state index in [1.54, 1.807) is 18.2 Å². The van der Waals surface area contributed by atoms with Gasteiger partial charge in [0.25, 0.3) is 5.91 Å². The number of allylic oxidation sites excluding steroid dienone is 1. The molecule has 2 heterocycles. The number of anilines is 2. The lowest BCUT2D eigenvalue weighted by atomic mass is 9.76. The third-order valence-electron chi connectivity index (χ3n) is 7.12. The van der Waals surface area contributed by atoms with Crippen molar-refractivity contribution in [1.82, 2.24) is 0 Å². The molecule has 0 N–H and O–H groups in total. The molecule has 0 spiro atoms. The van der Waals surface area contributed by atoms with Crippen LogP contribution < -0.4 is 9.91 Å². The highest BCUT2D eigenvalue weighted by atomic mass is 19.1. The number of hydrogen-bond donors (Lipinski definition) is 0. The number of hydrogen-bond acceptors (Lipinski definition) is 3. The molecule has 3 aliphatic rings. The Kier molecular flexibility index (Phi) is 5.29. The van der Waals surface area contributed by atoms with Crippen LogP contribution >= 0.6 is 0 Å². The summed E-state index contributed by atoms with van der Waals surface area (Å²) in [5.74, 6) is -0.465. The summed E-state index contributed by atoms with van der Waals surface area (Å²) in [6, 6.07) is 23.9. The van der Waals surface area contributed by atoms with Crippen LogP contribution in [0.4, 0.5) is 15.8 Å². The Balaban J connectivity index is 1.27. The van der Waals surface area contributed by atoms with Crippen LogP contribution in [0.25, 0.3) is 0 Å². The molecule has 174 valence electrons. The van der Waals surface area contributed by atoms with Gasteiger partial charge in [-0.1, -0.05) is 60.7 Å². The summed E-state index contributed by atoms with van der Waals surface area (Å²) in [6.07, 6.45) is 4.12. The largest absolute Gasteiger partial charge is 0.312 e. The lowest BCUT2D eigenvalue weighted by molar-refractivity contribution is -0.120. The number of carbonyl (C=O) groups excluding carboxylic acids is 2. The fraction of sp³-hybridized carbons (Fsp3) is 0.207. The summed E-state index contributed by atoms with van der Waals surface area (Å²) in [5, 5.41) is 5.70. The molecule has 0 aromatic heterocycles. The molecule has 3 aromatic rings. The van der Waals surface area contributed by atoms with E-state index in [9.17, 15) is 14.0 Å². The van der Waals surface area contributed by atoms with Crippen LogP contribution in [0.15, 0.2) is 95.6 Å². The van der Waals surface area contributed by atoms with Gasteiger partial charge >= 0.3 is 0 Å². The van der Waals surface area contributed by atoms with Gasteiger partial charge in [-0.05, 0) is 48.6 Å². The Morgan fingerprint density at radius 3 is 2.46 bits per heavy atom. The highest BCUT2D eigenvalue weighted by molar-refractivity contribution is 6.36. The predicted molar refractivity (Wildman–Crippen MR) is 134 cm³/mol. The van der Waals surface area contributed by atoms with Crippen molar-refractivity contribution in [2.45, 2.75) is 25.2 Å². The first-order valence-electron chi connectivity index (χ1n) is 11.9. The van der Waals surface area contributed by atoms with Crippen LogP contribution in [0.1, 0.15) is 36.3 Å². The van der Waals surface area contributed by atoms with E-state index in [4.69, 9.17) is 0 Å². The Labute approximate surface area is 203 Å². The summed E-state index contributed by atoms with van der Waals surface area (Å²) in [4.78, 5) is 28.1. The number of carbonyl (C=O) groups is 2. The zero-order chi connectivity index (χ0) is 23.9. The van der Waals surface area contributed by atoms with Crippen LogP contribution in [0.5, 0.6) is 0 Å². The second kappa shape index (κ2) is 8.62. The zero-order valence-electron chi connectivity index (χ0n) is 19.1. The van der Waals surface area contributed by atoms with E-state index in [2.05, 4.69) is 11.2 Å². The summed E-state index contributed by atoms with van der Waals surface area (Å²) in [6.45, 7) is 0.686. The van der Waals surface area contributed by atoms with Crippen molar-refractivity contribution >= 4 is 28.9 Å². The maximum Gasteiger partial charge on any atom is 0.280 e. The third kappa shape index (κ3) is 3.75. The number of fused-ring (bicyclic) bond motifs is 3. The van der Waals surface area contributed by atoms with E-state index in [1.165, 1.54) is 6.07 Å². The first-order chi connectivity index (χ1) is 17.1. The van der Waals surface area contributed by atoms with Crippen LogP contribution in [-0.2, 0) is 9.59 Å². The quantitative estimate of drug-likeness (QED) is 0.516. The maximum atomic E-state index is 14.4. The number of piperidine rings is 1. The van der Waals surface area contributed by atoms with Crippen molar-refractivity contribution in [1.29, 1.82) is 0 Å². The molecule has 6 rings (SSSR count). The molecule has 35 heavy (non-hydrogen) atoms. The van der Waals surface area contributed by atoms with Gasteiger partial charge in [0, 0.05) is 30.1 Å². The standard InChI is InChI=1S/C29H24FN3O2/c30-25-12-6-7-13-26(25)33-29(35)24-18-20(22-10-4-5-11-23(22)28(24)31-33)16-19-14-15-32(27(34)17-19)21-8-2-1-3-9-21/h1-13,18-20H,14-17H2. The molecule has 3 aromatic carbocycles. The van der Waals surface area contributed by atoms with E-state index in [1.807, 2.05) is 59.5 Å². The second-order valence-electron chi connectivity index (χ2n) is 9.27. The highest BCUT2D eigenvalue weighted by Gasteiger charge is 2.39. The van der Waals surface area contributed by atoms with Gasteiger partial charge in [-0.3, -0.25) is 9.59 Å². The Hall–Kier alpha value is -4.06. The summed E-state index contributed by atoms with van der Waals surface area (Å²) in [5.41, 5.74) is 4.16. The molecule has 6 heteroatoms. The number of halogens is 1. The van der Waals surface area contributed by atoms with Crippen molar-refractivity contribution in [3.63, 3.8) is 0 Å². The van der Waals surface area contributed by atoms with E-state index in [0.717, 1.165) is 34.7 Å². The average molecular weight is 466 g/mol. The summed E-state index contributed by atoms with van der Waals surface area (Å²) < 4.78 is 14.4. The van der Waals surface area contributed by atoms with Gasteiger partial charge in [-0.15, -0.1) is 0 Å². The molecule has 2 aliphatic heterocycles. The van der Waals surface area contributed by atoms with Crippen molar-refractivity contribution in [3.05, 3.63) is 107 Å². The van der Waals surface area contributed by atoms with Crippen LogP contribution in [-0.4, -0.2) is 24.1 Å². The first-order valence-corrected chi connectivity index (χ1v) is 11.9. The van der Waals surface area contributed by atoms with E-state index < -0.39 is 5.82 Å². The summed E-state index contributed by atoms with van der Waals surface area (Å²) >= 11 is 0. The molecule has 5 nitrogen and oxygen atoms in total. The van der Waals surface area contributed by atoms with Gasteiger partial charge in [0.05, 0.1) is 5.57 Å². The van der Waals surface area contributed by atoms with Gasteiger partial charge in [-0.2, -0.15) is 10.1 Å². The van der Waals surface area contributed by atoms with Crippen molar-refractivity contribution in [3.8, 4) is 0 Å². The molecule has 2 amide bonds. The van der Waals surface area contributed by atoms with Gasteiger partial charge in [-0.25, -0.2) is 4.39 Å². The first kappa shape index (κ1) is 21.5. The molecular formula is C29H24FN3O2. The molecule has 1 fully saturated rings. The normalized spacial score (nSPS) is 21.4. The number of para-hydroxylation sites is 2. The van der Waals surface area contributed by atoms with Crippen LogP contribution in [0, 0.1) is 11.7 Å². The van der Waals surface area contributed by atoms with E-state index in [0.29, 0.717) is 24.3 Å². The fourth-order valence-electron chi connectivity index (χ4n) is 5.41. The fourth-order valence-corrected chi connectivity index (χ4v) is 5.41. The molecular weight excluding hydrogens is 441 g/mol. The van der Waals surface area contributed by atoms with Crippen LogP contribution in [0.2, 0.25) is 0 Å². The molecule has 0 saturated carbocycles. The van der Waals surface area contributed by atoms with E-state index >= 15 is 0 Å².